The first-order chi connectivity index (χ1) is 13.6. The standard InChI is InChI=1S/C23H25BrO4Si/c1-22(2,3)29-28-23(4,5)20-19(24)17-12-11-16(13-18(17)21(25)27-20)26-14-15-9-7-6-8-10-15/h6-13H,14H2,1-5H3. The van der Waals surface area contributed by atoms with Crippen LogP contribution in [0.5, 0.6) is 5.75 Å². The minimum absolute atomic E-state index is 0.0336. The van der Waals surface area contributed by atoms with E-state index in [9.17, 15) is 4.79 Å². The van der Waals surface area contributed by atoms with E-state index in [1.807, 2.05) is 56.3 Å². The summed E-state index contributed by atoms with van der Waals surface area (Å²) in [6.45, 7) is 10.6. The number of ether oxygens (including phenoxy) is 1. The largest absolute Gasteiger partial charge is 0.489 e. The van der Waals surface area contributed by atoms with E-state index in [1.54, 1.807) is 6.07 Å². The van der Waals surface area contributed by atoms with Gasteiger partial charge in [0.25, 0.3) is 0 Å². The van der Waals surface area contributed by atoms with Crippen LogP contribution in [0.2, 0.25) is 5.04 Å². The van der Waals surface area contributed by atoms with E-state index < -0.39 is 11.2 Å². The van der Waals surface area contributed by atoms with Gasteiger partial charge >= 0.3 is 5.63 Å². The molecule has 0 spiro atoms. The number of halogens is 1. The SMILES string of the molecule is CC(C)(C)[Si]OC(C)(C)c1oc(=O)c2cc(OCc3ccccc3)ccc2c1Br. The van der Waals surface area contributed by atoms with E-state index in [1.165, 1.54) is 0 Å². The van der Waals surface area contributed by atoms with Crippen molar-refractivity contribution in [2.75, 3.05) is 0 Å². The van der Waals surface area contributed by atoms with E-state index >= 15 is 0 Å². The van der Waals surface area contributed by atoms with Crippen LogP contribution in [0.3, 0.4) is 0 Å². The highest BCUT2D eigenvalue weighted by molar-refractivity contribution is 9.10. The molecule has 152 valence electrons. The summed E-state index contributed by atoms with van der Waals surface area (Å²) in [4.78, 5) is 12.7. The van der Waals surface area contributed by atoms with Crippen molar-refractivity contribution in [2.24, 2.45) is 0 Å². The van der Waals surface area contributed by atoms with Crippen molar-refractivity contribution < 1.29 is 13.6 Å². The molecular formula is C23H25BrO4Si. The van der Waals surface area contributed by atoms with Gasteiger partial charge in [-0.25, -0.2) is 4.79 Å². The molecule has 0 aliphatic rings. The summed E-state index contributed by atoms with van der Waals surface area (Å²) in [5.74, 6) is 1.11. The van der Waals surface area contributed by atoms with E-state index in [0.29, 0.717) is 23.5 Å². The fraction of sp³-hybridized carbons (Fsp3) is 0.348. The van der Waals surface area contributed by atoms with Crippen LogP contribution in [0.1, 0.15) is 45.9 Å². The summed E-state index contributed by atoms with van der Waals surface area (Å²) in [5, 5.41) is 1.28. The predicted molar refractivity (Wildman–Crippen MR) is 121 cm³/mol. The van der Waals surface area contributed by atoms with Crippen molar-refractivity contribution in [1.29, 1.82) is 0 Å². The number of fused-ring (bicyclic) bond motifs is 1. The molecule has 0 fully saturated rings. The molecule has 0 saturated carbocycles. The summed E-state index contributed by atoms with van der Waals surface area (Å²) in [6, 6.07) is 15.4. The van der Waals surface area contributed by atoms with Crippen molar-refractivity contribution in [3.8, 4) is 5.75 Å². The Bertz CT molecular complexity index is 1050. The summed E-state index contributed by atoms with van der Waals surface area (Å²) in [7, 11) is 0.270. The first-order valence-electron chi connectivity index (χ1n) is 9.45. The molecule has 0 unspecified atom stereocenters. The Kier molecular flexibility index (Phi) is 6.36. The quantitative estimate of drug-likeness (QED) is 0.399. The smallest absolute Gasteiger partial charge is 0.344 e. The van der Waals surface area contributed by atoms with Crippen molar-refractivity contribution >= 4 is 36.5 Å². The van der Waals surface area contributed by atoms with Gasteiger partial charge in [-0.3, -0.25) is 0 Å². The molecule has 1 aromatic heterocycles. The lowest BCUT2D eigenvalue weighted by molar-refractivity contribution is 0.0783. The second kappa shape index (κ2) is 8.46. The molecule has 0 amide bonds. The number of hydrogen-bond donors (Lipinski definition) is 0. The topological polar surface area (TPSA) is 48.7 Å². The maximum absolute atomic E-state index is 12.7. The minimum atomic E-state index is -0.736. The molecule has 3 rings (SSSR count). The third kappa shape index (κ3) is 5.38. The molecule has 4 nitrogen and oxygen atoms in total. The van der Waals surface area contributed by atoms with Crippen LogP contribution in [-0.2, 0) is 16.6 Å². The Morgan fingerprint density at radius 3 is 2.34 bits per heavy atom. The van der Waals surface area contributed by atoms with Crippen LogP contribution in [0.4, 0.5) is 0 Å². The van der Waals surface area contributed by atoms with Gasteiger partial charge in [-0.05, 0) is 58.6 Å². The molecule has 0 saturated heterocycles. The van der Waals surface area contributed by atoms with Crippen molar-refractivity contribution in [3.63, 3.8) is 0 Å². The van der Waals surface area contributed by atoms with Crippen LogP contribution >= 0.6 is 15.9 Å². The molecule has 0 atom stereocenters. The Morgan fingerprint density at radius 1 is 1.00 bits per heavy atom. The fourth-order valence-corrected chi connectivity index (χ4v) is 4.30. The average Bonchev–Trinajstić information content (AvgIpc) is 2.68. The highest BCUT2D eigenvalue weighted by Crippen LogP contribution is 2.37. The summed E-state index contributed by atoms with van der Waals surface area (Å²) < 4.78 is 18.4. The predicted octanol–water partition coefficient (Wildman–Crippen LogP) is 6.22. The molecule has 1 heterocycles. The Hall–Kier alpha value is -1.89. The Labute approximate surface area is 182 Å². The van der Waals surface area contributed by atoms with Gasteiger partial charge in [0.05, 0.1) is 9.86 Å². The summed E-state index contributed by atoms with van der Waals surface area (Å²) >= 11 is 3.62. The lowest BCUT2D eigenvalue weighted by Crippen LogP contribution is -2.29. The van der Waals surface area contributed by atoms with Crippen LogP contribution in [-0.4, -0.2) is 9.76 Å². The number of benzene rings is 2. The van der Waals surface area contributed by atoms with Gasteiger partial charge in [0.1, 0.15) is 18.0 Å². The Morgan fingerprint density at radius 2 is 1.69 bits per heavy atom. The zero-order valence-electron chi connectivity index (χ0n) is 17.3. The van der Waals surface area contributed by atoms with Crippen molar-refractivity contribution in [3.05, 3.63) is 74.7 Å². The molecule has 0 bridgehead atoms. The maximum Gasteiger partial charge on any atom is 0.344 e. The van der Waals surface area contributed by atoms with E-state index in [2.05, 4.69) is 36.7 Å². The highest BCUT2D eigenvalue weighted by atomic mass is 79.9. The van der Waals surface area contributed by atoms with E-state index in [-0.39, 0.29) is 14.8 Å². The molecule has 0 aliphatic carbocycles. The lowest BCUT2D eigenvalue weighted by Gasteiger charge is -2.29. The van der Waals surface area contributed by atoms with E-state index in [0.717, 1.165) is 15.4 Å². The normalized spacial score (nSPS) is 12.3. The highest BCUT2D eigenvalue weighted by Gasteiger charge is 2.31. The molecule has 6 heteroatoms. The lowest BCUT2D eigenvalue weighted by atomic mass is 10.0. The van der Waals surface area contributed by atoms with Crippen molar-refractivity contribution in [1.82, 2.24) is 0 Å². The molecule has 0 N–H and O–H groups in total. The van der Waals surface area contributed by atoms with Gasteiger partial charge in [-0.15, -0.1) is 0 Å². The fourth-order valence-electron chi connectivity index (χ4n) is 2.74. The molecule has 2 aromatic carbocycles. The molecule has 0 aliphatic heterocycles. The molecule has 2 radical (unpaired) electrons. The average molecular weight is 473 g/mol. The monoisotopic (exact) mass is 472 g/mol. The third-order valence-electron chi connectivity index (χ3n) is 4.25. The first kappa shape index (κ1) is 21.8. The zero-order valence-corrected chi connectivity index (χ0v) is 19.9. The Balaban J connectivity index is 1.90. The van der Waals surface area contributed by atoms with Crippen LogP contribution in [0.25, 0.3) is 10.8 Å². The third-order valence-corrected chi connectivity index (χ3v) is 6.26. The zero-order chi connectivity index (χ0) is 21.2. The second-order valence-electron chi connectivity index (χ2n) is 8.48. The van der Waals surface area contributed by atoms with Gasteiger partial charge in [0, 0.05) is 5.39 Å². The van der Waals surface area contributed by atoms with Crippen LogP contribution < -0.4 is 10.4 Å². The molecule has 29 heavy (non-hydrogen) atoms. The van der Waals surface area contributed by atoms with Crippen LogP contribution in [0.15, 0.2) is 62.2 Å². The maximum atomic E-state index is 12.7. The molecular weight excluding hydrogens is 448 g/mol. The van der Waals surface area contributed by atoms with Gasteiger partial charge in [0.15, 0.2) is 5.76 Å². The number of rotatable bonds is 6. The van der Waals surface area contributed by atoms with E-state index in [4.69, 9.17) is 13.6 Å². The van der Waals surface area contributed by atoms with Gasteiger partial charge < -0.3 is 13.6 Å². The minimum Gasteiger partial charge on any atom is -0.489 e. The summed E-state index contributed by atoms with van der Waals surface area (Å²) in [5.41, 5.74) is -0.0747. The van der Waals surface area contributed by atoms with Crippen LogP contribution in [0, 0.1) is 0 Å². The summed E-state index contributed by atoms with van der Waals surface area (Å²) in [6.07, 6.45) is 0. The van der Waals surface area contributed by atoms with Crippen molar-refractivity contribution in [2.45, 2.75) is 51.9 Å². The van der Waals surface area contributed by atoms with Gasteiger partial charge in [0.2, 0.25) is 9.76 Å². The van der Waals surface area contributed by atoms with Gasteiger partial charge in [-0.1, -0.05) is 51.1 Å². The number of hydrogen-bond acceptors (Lipinski definition) is 4. The van der Waals surface area contributed by atoms with Gasteiger partial charge in [-0.2, -0.15) is 0 Å². The molecule has 3 aromatic rings. The second-order valence-corrected chi connectivity index (χ2v) is 11.2. The first-order valence-corrected chi connectivity index (χ1v) is 11.2.